The van der Waals surface area contributed by atoms with Gasteiger partial charge in [-0.15, -0.1) is 0 Å². The van der Waals surface area contributed by atoms with Crippen LogP contribution in [0.4, 0.5) is 0 Å². The molecule has 0 amide bonds. The summed E-state index contributed by atoms with van der Waals surface area (Å²) in [6, 6.07) is 3.46. The quantitative estimate of drug-likeness (QED) is 0.925. The Hall–Kier alpha value is -1.40. The molecule has 0 fully saturated rings. The predicted molar refractivity (Wildman–Crippen MR) is 65.8 cm³/mol. The molecule has 0 saturated carbocycles. The fourth-order valence-electron chi connectivity index (χ4n) is 1.39. The van der Waals surface area contributed by atoms with Gasteiger partial charge in [-0.05, 0) is 35.0 Å². The van der Waals surface area contributed by atoms with Crippen LogP contribution in [0.2, 0.25) is 5.15 Å². The Morgan fingerprint density at radius 2 is 2.24 bits per heavy atom. The first-order chi connectivity index (χ1) is 8.00. The lowest BCUT2D eigenvalue weighted by atomic mass is 10.3. The van der Waals surface area contributed by atoms with E-state index in [1.165, 1.54) is 4.68 Å². The summed E-state index contributed by atoms with van der Waals surface area (Å²) in [5.74, 6) is -0.635. The standard InChI is InChI=1S/C10H7BrClN3O2/c1-5-8(10(16)17)9(12)15(14-5)7-3-2-6(11)4-13-7/h2-4H,1H3,(H,16,17). The topological polar surface area (TPSA) is 68.0 Å². The summed E-state index contributed by atoms with van der Waals surface area (Å²) in [4.78, 5) is 15.1. The molecule has 2 aromatic heterocycles. The van der Waals surface area contributed by atoms with Crippen LogP contribution in [0.3, 0.4) is 0 Å². The van der Waals surface area contributed by atoms with Crippen molar-refractivity contribution in [3.63, 3.8) is 0 Å². The van der Waals surface area contributed by atoms with E-state index in [0.29, 0.717) is 11.5 Å². The number of carbonyl (C=O) groups is 1. The van der Waals surface area contributed by atoms with E-state index in [1.807, 2.05) is 0 Å². The van der Waals surface area contributed by atoms with Gasteiger partial charge in [-0.1, -0.05) is 11.6 Å². The number of rotatable bonds is 2. The number of pyridine rings is 1. The molecular weight excluding hydrogens is 309 g/mol. The molecule has 88 valence electrons. The molecule has 0 aliphatic heterocycles. The van der Waals surface area contributed by atoms with Gasteiger partial charge in [-0.2, -0.15) is 5.10 Å². The van der Waals surface area contributed by atoms with E-state index in [1.54, 1.807) is 25.3 Å². The van der Waals surface area contributed by atoms with Crippen LogP contribution in [-0.4, -0.2) is 25.8 Å². The van der Waals surface area contributed by atoms with E-state index in [2.05, 4.69) is 26.0 Å². The Labute approximate surface area is 110 Å². The highest BCUT2D eigenvalue weighted by Crippen LogP contribution is 2.23. The third-order valence-electron chi connectivity index (χ3n) is 2.15. The fourth-order valence-corrected chi connectivity index (χ4v) is 1.96. The zero-order chi connectivity index (χ0) is 12.6. The third-order valence-corrected chi connectivity index (χ3v) is 2.96. The molecule has 0 bridgehead atoms. The Kier molecular flexibility index (Phi) is 3.17. The number of aryl methyl sites for hydroxylation is 1. The van der Waals surface area contributed by atoms with Crippen molar-refractivity contribution in [2.24, 2.45) is 0 Å². The number of halogens is 2. The maximum Gasteiger partial charge on any atom is 0.340 e. The highest BCUT2D eigenvalue weighted by molar-refractivity contribution is 9.10. The van der Waals surface area contributed by atoms with Gasteiger partial charge < -0.3 is 5.11 Å². The zero-order valence-electron chi connectivity index (χ0n) is 8.69. The number of nitrogens with zero attached hydrogens (tertiary/aromatic N) is 3. The molecular formula is C10H7BrClN3O2. The summed E-state index contributed by atoms with van der Waals surface area (Å²) < 4.78 is 2.12. The molecule has 0 spiro atoms. The van der Waals surface area contributed by atoms with Gasteiger partial charge in [0.1, 0.15) is 10.7 Å². The van der Waals surface area contributed by atoms with E-state index in [9.17, 15) is 4.79 Å². The summed E-state index contributed by atoms with van der Waals surface area (Å²) in [7, 11) is 0. The maximum absolute atomic E-state index is 11.0. The first kappa shape index (κ1) is 12.1. The van der Waals surface area contributed by atoms with Gasteiger partial charge in [0.25, 0.3) is 0 Å². The normalized spacial score (nSPS) is 10.5. The van der Waals surface area contributed by atoms with Crippen LogP contribution in [0.25, 0.3) is 5.82 Å². The molecule has 1 N–H and O–H groups in total. The van der Waals surface area contributed by atoms with Crippen molar-refractivity contribution in [3.8, 4) is 5.82 Å². The molecule has 0 atom stereocenters. The average molecular weight is 317 g/mol. The van der Waals surface area contributed by atoms with Crippen molar-refractivity contribution >= 4 is 33.5 Å². The summed E-state index contributed by atoms with van der Waals surface area (Å²) in [5.41, 5.74) is 0.351. The summed E-state index contributed by atoms with van der Waals surface area (Å²) in [6.07, 6.45) is 1.59. The predicted octanol–water partition coefficient (Wildman–Crippen LogP) is 2.69. The largest absolute Gasteiger partial charge is 0.478 e. The molecule has 2 aromatic rings. The highest BCUT2D eigenvalue weighted by Gasteiger charge is 2.20. The van der Waals surface area contributed by atoms with Crippen LogP contribution in [-0.2, 0) is 0 Å². The van der Waals surface area contributed by atoms with Crippen LogP contribution in [0.1, 0.15) is 16.1 Å². The third kappa shape index (κ3) is 2.18. The van der Waals surface area contributed by atoms with Crippen molar-refractivity contribution < 1.29 is 9.90 Å². The van der Waals surface area contributed by atoms with Gasteiger partial charge in [0.15, 0.2) is 5.82 Å². The number of carboxylic acid groups (broad SMARTS) is 1. The van der Waals surface area contributed by atoms with Crippen molar-refractivity contribution in [1.82, 2.24) is 14.8 Å². The minimum Gasteiger partial charge on any atom is -0.478 e. The maximum atomic E-state index is 11.0. The van der Waals surface area contributed by atoms with Gasteiger partial charge in [-0.25, -0.2) is 14.5 Å². The number of hydrogen-bond acceptors (Lipinski definition) is 3. The molecule has 7 heteroatoms. The minimum absolute atomic E-state index is 0.00335. The summed E-state index contributed by atoms with van der Waals surface area (Å²) in [5, 5.41) is 13.1. The Morgan fingerprint density at radius 1 is 1.53 bits per heavy atom. The van der Waals surface area contributed by atoms with E-state index in [0.717, 1.165) is 4.47 Å². The second-order valence-corrected chi connectivity index (χ2v) is 4.58. The number of aromatic nitrogens is 3. The van der Waals surface area contributed by atoms with Crippen LogP contribution in [0, 0.1) is 6.92 Å². The van der Waals surface area contributed by atoms with Crippen molar-refractivity contribution in [1.29, 1.82) is 0 Å². The lowest BCUT2D eigenvalue weighted by Gasteiger charge is -2.01. The molecule has 0 radical (unpaired) electrons. The summed E-state index contributed by atoms with van der Waals surface area (Å²) in [6.45, 7) is 1.59. The van der Waals surface area contributed by atoms with Crippen molar-refractivity contribution in [2.75, 3.05) is 0 Å². The monoisotopic (exact) mass is 315 g/mol. The van der Waals surface area contributed by atoms with E-state index in [-0.39, 0.29) is 10.7 Å². The smallest absolute Gasteiger partial charge is 0.340 e. The molecule has 5 nitrogen and oxygen atoms in total. The molecule has 0 saturated heterocycles. The van der Waals surface area contributed by atoms with Gasteiger partial charge in [0.2, 0.25) is 0 Å². The molecule has 0 aliphatic carbocycles. The molecule has 0 unspecified atom stereocenters. The molecule has 0 aromatic carbocycles. The van der Waals surface area contributed by atoms with Crippen LogP contribution < -0.4 is 0 Å². The average Bonchev–Trinajstić information content (AvgIpc) is 2.55. The number of aromatic carboxylic acids is 1. The van der Waals surface area contributed by atoms with E-state index < -0.39 is 5.97 Å². The Morgan fingerprint density at radius 3 is 2.71 bits per heavy atom. The van der Waals surface area contributed by atoms with Crippen LogP contribution in [0.5, 0.6) is 0 Å². The highest BCUT2D eigenvalue weighted by atomic mass is 79.9. The fraction of sp³-hybridized carbons (Fsp3) is 0.100. The molecule has 2 heterocycles. The van der Waals surface area contributed by atoms with Crippen LogP contribution in [0.15, 0.2) is 22.8 Å². The summed E-state index contributed by atoms with van der Waals surface area (Å²) >= 11 is 9.23. The SMILES string of the molecule is Cc1nn(-c2ccc(Br)cn2)c(Cl)c1C(=O)O. The molecule has 0 aliphatic rings. The zero-order valence-corrected chi connectivity index (χ0v) is 11.0. The second-order valence-electron chi connectivity index (χ2n) is 3.30. The second kappa shape index (κ2) is 4.46. The van der Waals surface area contributed by atoms with Gasteiger partial charge >= 0.3 is 5.97 Å². The van der Waals surface area contributed by atoms with Crippen molar-refractivity contribution in [2.45, 2.75) is 6.92 Å². The van der Waals surface area contributed by atoms with Gasteiger partial charge in [-0.3, -0.25) is 0 Å². The van der Waals surface area contributed by atoms with Crippen molar-refractivity contribution in [3.05, 3.63) is 39.2 Å². The number of carboxylic acids is 1. The first-order valence-corrected chi connectivity index (χ1v) is 5.78. The molecule has 17 heavy (non-hydrogen) atoms. The lowest BCUT2D eigenvalue weighted by molar-refractivity contribution is 0.0696. The number of hydrogen-bond donors (Lipinski definition) is 1. The van der Waals surface area contributed by atoms with E-state index in [4.69, 9.17) is 16.7 Å². The Balaban J connectivity index is 2.57. The first-order valence-electron chi connectivity index (χ1n) is 4.61. The van der Waals surface area contributed by atoms with Gasteiger partial charge in [0, 0.05) is 10.7 Å². The molecule has 2 rings (SSSR count). The Bertz CT molecular complexity index is 580. The minimum atomic E-state index is -1.10. The van der Waals surface area contributed by atoms with E-state index >= 15 is 0 Å². The van der Waals surface area contributed by atoms with Crippen LogP contribution >= 0.6 is 27.5 Å². The lowest BCUT2D eigenvalue weighted by Crippen LogP contribution is -2.00. The van der Waals surface area contributed by atoms with Gasteiger partial charge in [0.05, 0.1) is 5.69 Å².